The van der Waals surface area contributed by atoms with E-state index in [1.54, 1.807) is 0 Å². The number of aromatic nitrogens is 1. The molecule has 0 unspecified atom stereocenters. The molecule has 1 heterocycles. The third-order valence-electron chi connectivity index (χ3n) is 6.19. The van der Waals surface area contributed by atoms with Gasteiger partial charge in [0.15, 0.2) is 12.7 Å². The highest BCUT2D eigenvalue weighted by atomic mass is 35.5. The third kappa shape index (κ3) is 8.38. The molecule has 0 aliphatic carbocycles. The Kier molecular flexibility index (Phi) is 10.2. The number of ether oxygens (including phenoxy) is 1. The maximum Gasteiger partial charge on any atom is 0.456 e. The van der Waals surface area contributed by atoms with Crippen molar-refractivity contribution in [3.05, 3.63) is 101 Å². The number of benzene rings is 3. The summed E-state index contributed by atoms with van der Waals surface area (Å²) < 4.78 is 101. The van der Waals surface area contributed by atoms with E-state index in [1.807, 2.05) is 0 Å². The van der Waals surface area contributed by atoms with Crippen LogP contribution in [0.3, 0.4) is 0 Å². The predicted octanol–water partition coefficient (Wildman–Crippen LogP) is 6.19. The first-order valence-corrected chi connectivity index (χ1v) is 13.1. The molecular weight excluding hydrogens is 639 g/mol. The molecule has 4 aromatic rings. The summed E-state index contributed by atoms with van der Waals surface area (Å²) in [6.07, 6.45) is -8.31. The van der Waals surface area contributed by atoms with Crippen molar-refractivity contribution in [2.24, 2.45) is 0 Å². The van der Waals surface area contributed by atoms with Crippen LogP contribution >= 0.6 is 11.6 Å². The van der Waals surface area contributed by atoms with Crippen molar-refractivity contribution in [2.45, 2.75) is 24.7 Å². The number of amides is 1. The van der Waals surface area contributed by atoms with Gasteiger partial charge in [-0.15, -0.1) is 0 Å². The minimum atomic E-state index is -6.00. The number of rotatable bonds is 11. The molecule has 0 saturated heterocycles. The molecule has 1 aromatic heterocycles. The first kappa shape index (κ1) is 33.4. The van der Waals surface area contributed by atoms with E-state index in [1.165, 1.54) is 60.7 Å². The van der Waals surface area contributed by atoms with Gasteiger partial charge in [-0.3, -0.25) is 10.2 Å². The third-order valence-corrected chi connectivity index (χ3v) is 6.42. The molecule has 0 bridgehead atoms. The lowest BCUT2D eigenvalue weighted by atomic mass is 10.0. The van der Waals surface area contributed by atoms with Crippen molar-refractivity contribution in [2.75, 3.05) is 13.2 Å². The van der Waals surface area contributed by atoms with Crippen LogP contribution in [0.4, 0.5) is 30.7 Å². The van der Waals surface area contributed by atoms with Crippen molar-refractivity contribution in [1.29, 1.82) is 0 Å². The number of nitrogens with one attached hydrogen (secondary N) is 1. The summed E-state index contributed by atoms with van der Waals surface area (Å²) in [5, 5.41) is 15.1. The summed E-state index contributed by atoms with van der Waals surface area (Å²) in [6.45, 7) is -3.53. The summed E-state index contributed by atoms with van der Waals surface area (Å²) in [5.41, 5.74) is 3.28. The van der Waals surface area contributed by atoms with Gasteiger partial charge < -0.3 is 14.4 Å². The average Bonchev–Trinajstić information content (AvgIpc) is 3.47. The van der Waals surface area contributed by atoms with Crippen LogP contribution in [0, 0.1) is 11.6 Å². The van der Waals surface area contributed by atoms with E-state index in [9.17, 15) is 45.4 Å². The minimum Gasteiger partial charge on any atom is -0.457 e. The van der Waals surface area contributed by atoms with Crippen LogP contribution in [-0.2, 0) is 16.1 Å². The molecule has 16 heteroatoms. The summed E-state index contributed by atoms with van der Waals surface area (Å²) in [7, 11) is 0. The summed E-state index contributed by atoms with van der Waals surface area (Å²) >= 11 is 5.95. The van der Waals surface area contributed by atoms with Crippen LogP contribution in [-0.4, -0.2) is 58.5 Å². The molecule has 0 spiro atoms. The normalized spacial score (nSPS) is 12.7. The summed E-state index contributed by atoms with van der Waals surface area (Å²) in [6, 6.07) is 16.5. The van der Waals surface area contributed by atoms with Crippen molar-refractivity contribution in [3.63, 3.8) is 0 Å². The van der Waals surface area contributed by atoms with Crippen LogP contribution in [0.25, 0.3) is 22.4 Å². The van der Waals surface area contributed by atoms with Gasteiger partial charge in [0.05, 0.1) is 6.54 Å². The van der Waals surface area contributed by atoms with Crippen LogP contribution in [0.2, 0.25) is 5.02 Å². The number of hydrogen-bond donors (Lipinski definition) is 2. The molecule has 45 heavy (non-hydrogen) atoms. The van der Waals surface area contributed by atoms with E-state index in [4.69, 9.17) is 16.1 Å². The second-order valence-corrected chi connectivity index (χ2v) is 9.96. The molecule has 0 saturated carbocycles. The molecular formula is C29H21ClF7N3O5. The Morgan fingerprint density at radius 2 is 1.62 bits per heavy atom. The largest absolute Gasteiger partial charge is 0.457 e. The van der Waals surface area contributed by atoms with Crippen molar-refractivity contribution in [1.82, 2.24) is 15.6 Å². The zero-order chi connectivity index (χ0) is 32.9. The van der Waals surface area contributed by atoms with Gasteiger partial charge in [0, 0.05) is 28.8 Å². The molecule has 2 N–H and O–H groups in total. The number of hydrogen-bond acceptors (Lipinski definition) is 7. The fourth-order valence-corrected chi connectivity index (χ4v) is 4.05. The quantitative estimate of drug-likeness (QED) is 0.112. The molecule has 0 fully saturated rings. The second-order valence-electron chi connectivity index (χ2n) is 9.52. The number of hydrazine groups is 1. The lowest BCUT2D eigenvalue weighted by Gasteiger charge is -2.25. The lowest BCUT2D eigenvalue weighted by Crippen LogP contribution is -2.48. The Bertz CT molecular complexity index is 1660. The zero-order valence-corrected chi connectivity index (χ0v) is 23.4. The summed E-state index contributed by atoms with van der Waals surface area (Å²) in [4.78, 5) is 25.0. The van der Waals surface area contributed by atoms with Gasteiger partial charge in [0.2, 0.25) is 5.76 Å². The number of halogens is 8. The van der Waals surface area contributed by atoms with E-state index in [-0.39, 0.29) is 28.4 Å². The molecule has 1 atom stereocenters. The van der Waals surface area contributed by atoms with E-state index >= 15 is 0 Å². The minimum absolute atomic E-state index is 0.0159. The Morgan fingerprint density at radius 3 is 2.29 bits per heavy atom. The predicted molar refractivity (Wildman–Crippen MR) is 145 cm³/mol. The number of aliphatic hydroxyl groups excluding tert-OH is 1. The molecule has 0 aliphatic rings. The van der Waals surface area contributed by atoms with Crippen LogP contribution < -0.4 is 5.43 Å². The number of nitrogens with zero attached hydrogens (tertiary/aromatic N) is 2. The van der Waals surface area contributed by atoms with Crippen molar-refractivity contribution >= 4 is 23.5 Å². The van der Waals surface area contributed by atoms with Gasteiger partial charge in [-0.2, -0.15) is 22.0 Å². The fourth-order valence-electron chi connectivity index (χ4n) is 3.88. The van der Waals surface area contributed by atoms with Gasteiger partial charge in [0.1, 0.15) is 17.3 Å². The monoisotopic (exact) mass is 659 g/mol. The van der Waals surface area contributed by atoms with E-state index < -0.39 is 60.6 Å². The first-order valence-electron chi connectivity index (χ1n) is 12.8. The van der Waals surface area contributed by atoms with E-state index in [2.05, 4.69) is 15.3 Å². The van der Waals surface area contributed by atoms with Crippen LogP contribution in [0.15, 0.2) is 77.3 Å². The van der Waals surface area contributed by atoms with Gasteiger partial charge in [-0.05, 0) is 41.5 Å². The van der Waals surface area contributed by atoms with E-state index in [0.717, 1.165) is 17.1 Å². The Hall–Kier alpha value is -4.47. The number of esters is 1. The molecule has 0 aliphatic heterocycles. The number of carbonyl (C=O) groups is 2. The molecule has 4 rings (SSSR count). The standard InChI is InChI=1S/C29H21ClF7N3O5/c30-18-9-10-22(32)20(11-18)17-7-5-16(6-8-17)13-40(14-24(41)27(43)44-15-28(33,34)29(35,36)37)38-26(42)25-12-23(39-45-25)19-3-1-2-4-21(19)31/h1-12,24,41H,13-15H2,(H,38,42)/t24-/m1/s1. The van der Waals surface area contributed by atoms with Gasteiger partial charge >= 0.3 is 24.0 Å². The molecule has 8 nitrogen and oxygen atoms in total. The fraction of sp³-hybridized carbons (Fsp3) is 0.207. The Morgan fingerprint density at radius 1 is 0.956 bits per heavy atom. The highest BCUT2D eigenvalue weighted by molar-refractivity contribution is 6.30. The SMILES string of the molecule is O=C(NN(Cc1ccc(-c2cc(Cl)ccc2F)cc1)C[C@@H](O)C(=O)OCC(F)(F)C(F)(F)F)c1cc(-c2ccccc2F)no1. The van der Waals surface area contributed by atoms with Gasteiger partial charge in [0.25, 0.3) is 0 Å². The zero-order valence-electron chi connectivity index (χ0n) is 22.6. The maximum atomic E-state index is 14.3. The number of carbonyl (C=O) groups excluding carboxylic acids is 2. The summed E-state index contributed by atoms with van der Waals surface area (Å²) in [5.74, 6) is -9.85. The molecule has 3 aromatic carbocycles. The molecule has 1 amide bonds. The highest BCUT2D eigenvalue weighted by Gasteiger charge is 2.58. The smallest absolute Gasteiger partial charge is 0.456 e. The maximum absolute atomic E-state index is 14.3. The Labute approximate surface area is 254 Å². The highest BCUT2D eigenvalue weighted by Crippen LogP contribution is 2.35. The molecule has 238 valence electrons. The van der Waals surface area contributed by atoms with Crippen LogP contribution in [0.5, 0.6) is 0 Å². The van der Waals surface area contributed by atoms with Crippen molar-refractivity contribution in [3.8, 4) is 22.4 Å². The van der Waals surface area contributed by atoms with E-state index in [0.29, 0.717) is 11.1 Å². The van der Waals surface area contributed by atoms with Crippen LogP contribution in [0.1, 0.15) is 16.1 Å². The second kappa shape index (κ2) is 13.7. The number of alkyl halides is 5. The average molecular weight is 660 g/mol. The Balaban J connectivity index is 1.52. The molecule has 0 radical (unpaired) electrons. The van der Waals surface area contributed by atoms with Crippen molar-refractivity contribution < 1.29 is 54.7 Å². The topological polar surface area (TPSA) is 105 Å². The first-order chi connectivity index (χ1) is 21.1. The van der Waals surface area contributed by atoms with Gasteiger partial charge in [-0.1, -0.05) is 53.2 Å². The lowest BCUT2D eigenvalue weighted by molar-refractivity contribution is -0.294. The van der Waals surface area contributed by atoms with Gasteiger partial charge in [-0.25, -0.2) is 18.6 Å². The number of aliphatic hydroxyl groups is 1.